The lowest BCUT2D eigenvalue weighted by Gasteiger charge is -2.21. The fourth-order valence-corrected chi connectivity index (χ4v) is 1.99. The van der Waals surface area contributed by atoms with Gasteiger partial charge in [0.1, 0.15) is 0 Å². The van der Waals surface area contributed by atoms with Crippen LogP contribution < -0.4 is 5.73 Å². The van der Waals surface area contributed by atoms with E-state index in [4.69, 9.17) is 18.0 Å². The number of hydrogen-bond donors (Lipinski definition) is 1. The summed E-state index contributed by atoms with van der Waals surface area (Å²) in [4.78, 5) is 3.12. The highest BCUT2D eigenvalue weighted by Crippen LogP contribution is 2.28. The third kappa shape index (κ3) is 3.58. The van der Waals surface area contributed by atoms with Crippen molar-refractivity contribution in [2.75, 3.05) is 6.54 Å². The predicted octanol–water partition coefficient (Wildman–Crippen LogP) is 2.33. The molecule has 1 aromatic rings. The lowest BCUT2D eigenvalue weighted by atomic mass is 10.2. The van der Waals surface area contributed by atoms with Gasteiger partial charge in [-0.2, -0.15) is 0 Å². The number of benzene rings is 1. The van der Waals surface area contributed by atoms with Gasteiger partial charge in [0, 0.05) is 25.6 Å². The van der Waals surface area contributed by atoms with Gasteiger partial charge >= 0.3 is 0 Å². The second kappa shape index (κ2) is 5.41. The first-order valence-electron chi connectivity index (χ1n) is 5.82. The first-order chi connectivity index (χ1) is 7.75. The molecule has 0 spiro atoms. The van der Waals surface area contributed by atoms with Crippen molar-refractivity contribution >= 4 is 17.2 Å². The van der Waals surface area contributed by atoms with Gasteiger partial charge in [-0.25, -0.2) is 0 Å². The maximum Gasteiger partial charge on any atom is 0.0740 e. The Kier molecular flexibility index (Phi) is 3.91. The minimum Gasteiger partial charge on any atom is -0.393 e. The van der Waals surface area contributed by atoms with E-state index in [-0.39, 0.29) is 0 Å². The van der Waals surface area contributed by atoms with Crippen molar-refractivity contribution in [2.24, 2.45) is 5.73 Å². The first-order valence-corrected chi connectivity index (χ1v) is 6.23. The van der Waals surface area contributed by atoms with Gasteiger partial charge in [0.15, 0.2) is 0 Å². The molecular weight excluding hydrogens is 216 g/mol. The molecule has 1 aromatic carbocycles. The van der Waals surface area contributed by atoms with Crippen molar-refractivity contribution in [1.29, 1.82) is 0 Å². The van der Waals surface area contributed by atoms with Crippen LogP contribution in [-0.2, 0) is 6.54 Å². The summed E-state index contributed by atoms with van der Waals surface area (Å²) in [5.41, 5.74) is 6.93. The summed E-state index contributed by atoms with van der Waals surface area (Å²) in [6.45, 7) is 2.02. The van der Waals surface area contributed by atoms with Crippen LogP contribution in [0.15, 0.2) is 30.3 Å². The smallest absolute Gasteiger partial charge is 0.0740 e. The van der Waals surface area contributed by atoms with Gasteiger partial charge in [0.05, 0.1) is 4.99 Å². The minimum atomic E-state index is 0.624. The molecule has 0 amide bonds. The highest BCUT2D eigenvalue weighted by atomic mass is 32.1. The Morgan fingerprint density at radius 3 is 2.56 bits per heavy atom. The molecule has 3 heteroatoms. The van der Waals surface area contributed by atoms with Crippen molar-refractivity contribution in [2.45, 2.75) is 31.8 Å². The zero-order valence-corrected chi connectivity index (χ0v) is 10.2. The zero-order chi connectivity index (χ0) is 11.4. The molecule has 1 fully saturated rings. The largest absolute Gasteiger partial charge is 0.393 e. The van der Waals surface area contributed by atoms with E-state index >= 15 is 0 Å². The van der Waals surface area contributed by atoms with E-state index < -0.39 is 0 Å². The summed E-state index contributed by atoms with van der Waals surface area (Å²) in [6, 6.07) is 11.4. The van der Waals surface area contributed by atoms with Crippen LogP contribution in [0.3, 0.4) is 0 Å². The van der Waals surface area contributed by atoms with Crippen LogP contribution in [0.1, 0.15) is 24.8 Å². The third-order valence-corrected chi connectivity index (χ3v) is 3.14. The van der Waals surface area contributed by atoms with Crippen molar-refractivity contribution < 1.29 is 0 Å². The molecule has 2 rings (SSSR count). The first kappa shape index (κ1) is 11.6. The van der Waals surface area contributed by atoms with E-state index in [1.54, 1.807) is 0 Å². The molecule has 2 N–H and O–H groups in total. The van der Waals surface area contributed by atoms with Gasteiger partial charge in [-0.3, -0.25) is 4.90 Å². The Labute approximate surface area is 102 Å². The van der Waals surface area contributed by atoms with E-state index in [0.717, 1.165) is 25.6 Å². The van der Waals surface area contributed by atoms with E-state index in [9.17, 15) is 0 Å². The monoisotopic (exact) mass is 234 g/mol. The van der Waals surface area contributed by atoms with Gasteiger partial charge in [0.2, 0.25) is 0 Å². The molecule has 1 saturated carbocycles. The molecule has 0 aromatic heterocycles. The van der Waals surface area contributed by atoms with Crippen LogP contribution in [0.5, 0.6) is 0 Å². The molecule has 1 aliphatic rings. The van der Waals surface area contributed by atoms with Crippen LogP contribution in [0.25, 0.3) is 0 Å². The Hall–Kier alpha value is -0.930. The normalized spacial score (nSPS) is 15.3. The summed E-state index contributed by atoms with van der Waals surface area (Å²) < 4.78 is 0. The van der Waals surface area contributed by atoms with E-state index in [0.29, 0.717) is 4.99 Å². The average molecular weight is 234 g/mol. The second-order valence-electron chi connectivity index (χ2n) is 4.40. The number of thiocarbonyl (C=S) groups is 1. The summed E-state index contributed by atoms with van der Waals surface area (Å²) in [7, 11) is 0. The number of nitrogens with two attached hydrogens (primary N) is 1. The zero-order valence-electron chi connectivity index (χ0n) is 9.43. The molecular formula is C13H18N2S. The van der Waals surface area contributed by atoms with Gasteiger partial charge in [0.25, 0.3) is 0 Å². The molecule has 0 radical (unpaired) electrons. The highest BCUT2D eigenvalue weighted by Gasteiger charge is 2.28. The molecule has 2 nitrogen and oxygen atoms in total. The van der Waals surface area contributed by atoms with Crippen LogP contribution in [0.4, 0.5) is 0 Å². The summed E-state index contributed by atoms with van der Waals surface area (Å²) in [5.74, 6) is 0. The lowest BCUT2D eigenvalue weighted by molar-refractivity contribution is 0.262. The SMILES string of the molecule is NC(=S)CCN(Cc1ccccc1)C1CC1. The fourth-order valence-electron chi connectivity index (χ4n) is 1.90. The fraction of sp³-hybridized carbons (Fsp3) is 0.462. The topological polar surface area (TPSA) is 29.3 Å². The van der Waals surface area contributed by atoms with E-state index in [1.165, 1.54) is 18.4 Å². The molecule has 0 aliphatic heterocycles. The second-order valence-corrected chi connectivity index (χ2v) is 4.93. The van der Waals surface area contributed by atoms with Crippen molar-refractivity contribution in [3.05, 3.63) is 35.9 Å². The van der Waals surface area contributed by atoms with Crippen molar-refractivity contribution in [1.82, 2.24) is 4.90 Å². The molecule has 0 saturated heterocycles. The maximum atomic E-state index is 5.56. The molecule has 0 atom stereocenters. The standard InChI is InChI=1S/C13H18N2S/c14-13(16)8-9-15(12-6-7-12)10-11-4-2-1-3-5-11/h1-5,12H,6-10H2,(H2,14,16). The van der Waals surface area contributed by atoms with E-state index in [2.05, 4.69) is 35.2 Å². The predicted molar refractivity (Wildman–Crippen MR) is 71.3 cm³/mol. The average Bonchev–Trinajstić information content (AvgIpc) is 3.09. The maximum absolute atomic E-state index is 5.56. The van der Waals surface area contributed by atoms with Gasteiger partial charge in [-0.1, -0.05) is 42.5 Å². The van der Waals surface area contributed by atoms with Crippen LogP contribution in [0, 0.1) is 0 Å². The summed E-state index contributed by atoms with van der Waals surface area (Å²) in [6.07, 6.45) is 3.48. The number of nitrogens with zero attached hydrogens (tertiary/aromatic N) is 1. The number of rotatable bonds is 6. The van der Waals surface area contributed by atoms with Crippen molar-refractivity contribution in [3.8, 4) is 0 Å². The molecule has 0 unspecified atom stereocenters. The number of hydrogen-bond acceptors (Lipinski definition) is 2. The van der Waals surface area contributed by atoms with Crippen molar-refractivity contribution in [3.63, 3.8) is 0 Å². The summed E-state index contributed by atoms with van der Waals surface area (Å²) in [5, 5.41) is 0. The van der Waals surface area contributed by atoms with Gasteiger partial charge in [-0.05, 0) is 18.4 Å². The quantitative estimate of drug-likeness (QED) is 0.766. The minimum absolute atomic E-state index is 0.624. The Morgan fingerprint density at radius 1 is 1.31 bits per heavy atom. The van der Waals surface area contributed by atoms with Crippen LogP contribution in [0.2, 0.25) is 0 Å². The Bertz CT molecular complexity index is 346. The molecule has 86 valence electrons. The van der Waals surface area contributed by atoms with Crippen LogP contribution in [-0.4, -0.2) is 22.5 Å². The summed E-state index contributed by atoms with van der Waals surface area (Å²) >= 11 is 4.94. The Morgan fingerprint density at radius 2 is 2.00 bits per heavy atom. The van der Waals surface area contributed by atoms with Gasteiger partial charge in [-0.15, -0.1) is 0 Å². The molecule has 0 heterocycles. The van der Waals surface area contributed by atoms with E-state index in [1.807, 2.05) is 0 Å². The lowest BCUT2D eigenvalue weighted by Crippen LogP contribution is -2.29. The molecule has 16 heavy (non-hydrogen) atoms. The third-order valence-electron chi connectivity index (χ3n) is 2.94. The Balaban J connectivity index is 1.90. The molecule has 0 bridgehead atoms. The van der Waals surface area contributed by atoms with Gasteiger partial charge < -0.3 is 5.73 Å². The van der Waals surface area contributed by atoms with Crippen LogP contribution >= 0.6 is 12.2 Å². The highest BCUT2D eigenvalue weighted by molar-refractivity contribution is 7.80. The molecule has 1 aliphatic carbocycles.